The third-order valence-corrected chi connectivity index (χ3v) is 4.31. The third kappa shape index (κ3) is 7.55. The van der Waals surface area contributed by atoms with Crippen LogP contribution in [0.15, 0.2) is 53.5 Å². The summed E-state index contributed by atoms with van der Waals surface area (Å²) < 4.78 is 5.45. The Morgan fingerprint density at radius 2 is 1.48 bits per heavy atom. The van der Waals surface area contributed by atoms with Crippen LogP contribution in [0.2, 0.25) is 0 Å². The normalized spacial score (nSPS) is 11.1. The van der Waals surface area contributed by atoms with Gasteiger partial charge in [0, 0.05) is 6.21 Å². The van der Waals surface area contributed by atoms with Crippen molar-refractivity contribution in [1.82, 2.24) is 0 Å². The van der Waals surface area contributed by atoms with E-state index in [2.05, 4.69) is 36.2 Å². The molecule has 0 bridgehead atoms. The van der Waals surface area contributed by atoms with Gasteiger partial charge in [-0.3, -0.25) is 4.99 Å². The molecule has 0 aliphatic carbocycles. The Hall–Kier alpha value is -2.09. The first kappa shape index (κ1) is 19.2. The Balaban J connectivity index is 1.77. The number of rotatable bonds is 11. The van der Waals surface area contributed by atoms with E-state index in [0.717, 1.165) is 17.0 Å². The zero-order valence-corrected chi connectivity index (χ0v) is 15.7. The molecule has 0 unspecified atom stereocenters. The van der Waals surface area contributed by atoms with Crippen molar-refractivity contribution in [2.75, 3.05) is 6.61 Å². The molecule has 2 aromatic rings. The van der Waals surface area contributed by atoms with Gasteiger partial charge in [-0.15, -0.1) is 0 Å². The smallest absolute Gasteiger partial charge is 0.119 e. The van der Waals surface area contributed by atoms with Gasteiger partial charge in [-0.1, -0.05) is 51.2 Å². The van der Waals surface area contributed by atoms with E-state index < -0.39 is 0 Å². The fraction of sp³-hybridized carbons (Fsp3) is 0.435. The molecular formula is C23H31NO. The van der Waals surface area contributed by atoms with Crippen molar-refractivity contribution < 1.29 is 4.74 Å². The first-order chi connectivity index (χ1) is 12.3. The summed E-state index contributed by atoms with van der Waals surface area (Å²) in [7, 11) is 0. The highest BCUT2D eigenvalue weighted by atomic mass is 16.5. The molecule has 0 aliphatic rings. The lowest BCUT2D eigenvalue weighted by Gasteiger charge is -2.03. The van der Waals surface area contributed by atoms with Gasteiger partial charge >= 0.3 is 0 Å². The minimum Gasteiger partial charge on any atom is -0.494 e. The first-order valence-corrected chi connectivity index (χ1v) is 9.67. The third-order valence-electron chi connectivity index (χ3n) is 4.31. The highest BCUT2D eigenvalue weighted by molar-refractivity contribution is 5.82. The van der Waals surface area contributed by atoms with Gasteiger partial charge < -0.3 is 4.74 Å². The largest absolute Gasteiger partial charge is 0.494 e. The van der Waals surface area contributed by atoms with E-state index in [1.165, 1.54) is 50.5 Å². The van der Waals surface area contributed by atoms with Crippen LogP contribution in [0.3, 0.4) is 0 Å². The fourth-order valence-electron chi connectivity index (χ4n) is 2.82. The number of benzene rings is 2. The van der Waals surface area contributed by atoms with Crippen molar-refractivity contribution in [3.05, 3.63) is 59.7 Å². The van der Waals surface area contributed by atoms with Gasteiger partial charge in [0.25, 0.3) is 0 Å². The summed E-state index contributed by atoms with van der Waals surface area (Å²) in [6, 6.07) is 16.6. The highest BCUT2D eigenvalue weighted by Crippen LogP contribution is 2.16. The number of aliphatic imine (C=N–C) groups is 1. The molecule has 25 heavy (non-hydrogen) atoms. The molecule has 2 nitrogen and oxygen atoms in total. The molecule has 0 saturated carbocycles. The van der Waals surface area contributed by atoms with Crippen molar-refractivity contribution in [3.63, 3.8) is 0 Å². The lowest BCUT2D eigenvalue weighted by Crippen LogP contribution is -1.91. The Labute approximate surface area is 153 Å². The molecule has 0 saturated heterocycles. The summed E-state index contributed by atoms with van der Waals surface area (Å²) >= 11 is 0. The molecule has 0 aromatic heterocycles. The summed E-state index contributed by atoms with van der Waals surface area (Å²) in [6.07, 6.45) is 11.2. The van der Waals surface area contributed by atoms with Crippen molar-refractivity contribution in [2.45, 2.75) is 58.8 Å². The average Bonchev–Trinajstić information content (AvgIpc) is 2.65. The zero-order valence-electron chi connectivity index (χ0n) is 15.7. The molecule has 0 amide bonds. The summed E-state index contributed by atoms with van der Waals surface area (Å²) in [6.45, 7) is 4.95. The van der Waals surface area contributed by atoms with Crippen LogP contribution in [-0.2, 0) is 6.42 Å². The Morgan fingerprint density at radius 1 is 0.800 bits per heavy atom. The summed E-state index contributed by atoms with van der Waals surface area (Å²) in [5.74, 6) is 0.902. The van der Waals surface area contributed by atoms with Gasteiger partial charge in [0.1, 0.15) is 5.75 Å². The second-order valence-corrected chi connectivity index (χ2v) is 6.44. The molecule has 0 N–H and O–H groups in total. The number of aryl methyl sites for hydroxylation is 1. The Kier molecular flexibility index (Phi) is 8.82. The highest BCUT2D eigenvalue weighted by Gasteiger charge is 1.96. The minimum absolute atomic E-state index is 0.693. The van der Waals surface area contributed by atoms with Gasteiger partial charge in [0.05, 0.1) is 12.3 Å². The van der Waals surface area contributed by atoms with Gasteiger partial charge in [-0.05, 0) is 67.3 Å². The fourth-order valence-corrected chi connectivity index (χ4v) is 2.82. The first-order valence-electron chi connectivity index (χ1n) is 9.67. The molecule has 0 atom stereocenters. The number of nitrogens with zero attached hydrogens (tertiary/aromatic N) is 1. The maximum absolute atomic E-state index is 5.45. The maximum Gasteiger partial charge on any atom is 0.119 e. The minimum atomic E-state index is 0.693. The standard InChI is InChI=1S/C23H31NO/c1-3-5-6-7-8-9-10-20-11-15-22(16-12-20)24-19-21-13-17-23(18-14-21)25-4-2/h11-19H,3-10H2,1-2H3. The lowest BCUT2D eigenvalue weighted by atomic mass is 10.0. The predicted octanol–water partition coefficient (Wildman–Crippen LogP) is 6.74. The molecule has 0 aliphatic heterocycles. The van der Waals surface area contributed by atoms with E-state index in [9.17, 15) is 0 Å². The number of hydrogen-bond donors (Lipinski definition) is 0. The van der Waals surface area contributed by atoms with Crippen molar-refractivity contribution >= 4 is 11.9 Å². The molecule has 0 fully saturated rings. The number of ether oxygens (including phenoxy) is 1. The van der Waals surface area contributed by atoms with E-state index in [1.54, 1.807) is 0 Å². The Bertz CT molecular complexity index is 614. The summed E-state index contributed by atoms with van der Waals surface area (Å²) in [5.41, 5.74) is 3.50. The monoisotopic (exact) mass is 337 g/mol. The van der Waals surface area contributed by atoms with Crippen LogP contribution in [0.25, 0.3) is 0 Å². The SMILES string of the molecule is CCCCCCCCc1ccc(N=Cc2ccc(OCC)cc2)cc1. The van der Waals surface area contributed by atoms with Gasteiger partial charge in [0.2, 0.25) is 0 Å². The molecule has 2 aromatic carbocycles. The van der Waals surface area contributed by atoms with Crippen LogP contribution in [0.4, 0.5) is 5.69 Å². The van der Waals surface area contributed by atoms with E-state index in [4.69, 9.17) is 4.74 Å². The van der Waals surface area contributed by atoms with Crippen molar-refractivity contribution in [1.29, 1.82) is 0 Å². The van der Waals surface area contributed by atoms with Crippen LogP contribution < -0.4 is 4.74 Å². The van der Waals surface area contributed by atoms with Crippen LogP contribution in [0, 0.1) is 0 Å². The van der Waals surface area contributed by atoms with E-state index in [1.807, 2.05) is 37.4 Å². The van der Waals surface area contributed by atoms with Crippen LogP contribution in [-0.4, -0.2) is 12.8 Å². The van der Waals surface area contributed by atoms with Crippen LogP contribution in [0.1, 0.15) is 63.5 Å². The van der Waals surface area contributed by atoms with E-state index in [-0.39, 0.29) is 0 Å². The van der Waals surface area contributed by atoms with Gasteiger partial charge in [-0.2, -0.15) is 0 Å². The molecule has 2 rings (SSSR count). The van der Waals surface area contributed by atoms with Crippen molar-refractivity contribution in [2.24, 2.45) is 4.99 Å². The number of unbranched alkanes of at least 4 members (excludes halogenated alkanes) is 5. The second kappa shape index (κ2) is 11.5. The van der Waals surface area contributed by atoms with E-state index >= 15 is 0 Å². The molecular weight excluding hydrogens is 306 g/mol. The molecule has 2 heteroatoms. The van der Waals surface area contributed by atoms with Gasteiger partial charge in [0.15, 0.2) is 0 Å². The Morgan fingerprint density at radius 3 is 2.16 bits per heavy atom. The second-order valence-electron chi connectivity index (χ2n) is 6.44. The molecule has 0 spiro atoms. The van der Waals surface area contributed by atoms with Crippen LogP contribution >= 0.6 is 0 Å². The van der Waals surface area contributed by atoms with Crippen LogP contribution in [0.5, 0.6) is 5.75 Å². The summed E-state index contributed by atoms with van der Waals surface area (Å²) in [5, 5.41) is 0. The topological polar surface area (TPSA) is 21.6 Å². The van der Waals surface area contributed by atoms with Gasteiger partial charge in [-0.25, -0.2) is 0 Å². The van der Waals surface area contributed by atoms with Crippen molar-refractivity contribution in [3.8, 4) is 5.75 Å². The van der Waals surface area contributed by atoms with E-state index in [0.29, 0.717) is 6.61 Å². The quantitative estimate of drug-likeness (QED) is 0.329. The lowest BCUT2D eigenvalue weighted by molar-refractivity contribution is 0.340. The molecule has 134 valence electrons. The average molecular weight is 338 g/mol. The molecule has 0 radical (unpaired) electrons. The number of hydrogen-bond acceptors (Lipinski definition) is 2. The zero-order chi connectivity index (χ0) is 17.7. The predicted molar refractivity (Wildman–Crippen MR) is 108 cm³/mol. The summed E-state index contributed by atoms with van der Waals surface area (Å²) in [4.78, 5) is 4.56. The molecule has 0 heterocycles. The maximum atomic E-state index is 5.45.